The molecule has 0 radical (unpaired) electrons. The number of hydrogen-bond donors (Lipinski definition) is 2. The molecule has 0 aromatic heterocycles. The van der Waals surface area contributed by atoms with Gasteiger partial charge in [0, 0.05) is 61.5 Å². The van der Waals surface area contributed by atoms with Crippen LogP contribution < -0.4 is 5.32 Å². The van der Waals surface area contributed by atoms with Crippen molar-refractivity contribution in [2.24, 2.45) is 27.7 Å². The van der Waals surface area contributed by atoms with E-state index in [0.717, 1.165) is 71.4 Å². The van der Waals surface area contributed by atoms with Crippen LogP contribution in [-0.4, -0.2) is 35.0 Å². The van der Waals surface area contributed by atoms with Crippen molar-refractivity contribution in [3.8, 4) is 11.1 Å². The lowest BCUT2D eigenvalue weighted by atomic mass is 9.89. The maximum absolute atomic E-state index is 12.5. The molecule has 6 nitrogen and oxygen atoms in total. The molecule has 0 unspecified atom stereocenters. The fourth-order valence-electron chi connectivity index (χ4n) is 5.80. The fourth-order valence-corrected chi connectivity index (χ4v) is 5.80. The number of amides is 1. The predicted molar refractivity (Wildman–Crippen MR) is 173 cm³/mol. The van der Waals surface area contributed by atoms with Crippen LogP contribution in [0.2, 0.25) is 0 Å². The Morgan fingerprint density at radius 3 is 1.57 bits per heavy atom. The molecule has 2 aliphatic heterocycles. The monoisotopic (exact) mass is 567 g/mol. The Kier molecular flexibility index (Phi) is 11.0. The second kappa shape index (κ2) is 14.9. The molecule has 1 amide bonds. The molecule has 0 saturated carbocycles. The Labute approximate surface area is 250 Å². The molecule has 0 bridgehead atoms. The van der Waals surface area contributed by atoms with Crippen molar-refractivity contribution in [1.29, 1.82) is 0 Å². The number of carbonyl (C=O) groups excluding carboxylic acids is 1. The highest BCUT2D eigenvalue weighted by Gasteiger charge is 2.24. The van der Waals surface area contributed by atoms with Crippen LogP contribution in [0.25, 0.3) is 22.3 Å². The molecular weight excluding hydrogens is 522 g/mol. The molecule has 2 N–H and O–H groups in total. The minimum Gasteiger partial charge on any atom is -0.481 e. The van der Waals surface area contributed by atoms with Crippen LogP contribution in [0.1, 0.15) is 90.2 Å². The van der Waals surface area contributed by atoms with Gasteiger partial charge in [-0.3, -0.25) is 19.6 Å². The average Bonchev–Trinajstić information content (AvgIpc) is 3.67. The van der Waals surface area contributed by atoms with Gasteiger partial charge in [-0.05, 0) is 52.2 Å². The molecule has 6 heteroatoms. The molecular formula is C36H45N3O3. The SMILES string of the molecule is CCC[C@H](CC(=O)O)C1=NC=C(c2ccc(-c3ccc(C4=CN=C([C@H](CCC)CC(=O)NCC(C)C)C4)cc3)cc2)C1. The zero-order valence-corrected chi connectivity index (χ0v) is 25.5. The second-order valence-electron chi connectivity index (χ2n) is 12.0. The highest BCUT2D eigenvalue weighted by atomic mass is 16.4. The van der Waals surface area contributed by atoms with Gasteiger partial charge >= 0.3 is 5.97 Å². The van der Waals surface area contributed by atoms with Crippen molar-refractivity contribution in [2.75, 3.05) is 6.54 Å². The summed E-state index contributed by atoms with van der Waals surface area (Å²) >= 11 is 0. The van der Waals surface area contributed by atoms with E-state index in [0.29, 0.717) is 25.3 Å². The van der Waals surface area contributed by atoms with Gasteiger partial charge in [0.15, 0.2) is 0 Å². The van der Waals surface area contributed by atoms with Gasteiger partial charge in [0.1, 0.15) is 0 Å². The van der Waals surface area contributed by atoms with E-state index >= 15 is 0 Å². The van der Waals surface area contributed by atoms with Crippen LogP contribution in [0.15, 0.2) is 70.9 Å². The average molecular weight is 568 g/mol. The van der Waals surface area contributed by atoms with Gasteiger partial charge in [0.25, 0.3) is 0 Å². The number of nitrogens with zero attached hydrogens (tertiary/aromatic N) is 2. The zero-order valence-electron chi connectivity index (χ0n) is 25.5. The molecule has 0 aliphatic carbocycles. The van der Waals surface area contributed by atoms with E-state index in [9.17, 15) is 14.7 Å². The summed E-state index contributed by atoms with van der Waals surface area (Å²) in [7, 11) is 0. The van der Waals surface area contributed by atoms with Gasteiger partial charge in [-0.15, -0.1) is 0 Å². The Balaban J connectivity index is 1.34. The molecule has 2 aromatic rings. The van der Waals surface area contributed by atoms with Crippen LogP contribution in [-0.2, 0) is 9.59 Å². The summed E-state index contributed by atoms with van der Waals surface area (Å²) in [6.07, 6.45) is 9.81. The van der Waals surface area contributed by atoms with Gasteiger partial charge in [0.2, 0.25) is 5.91 Å². The van der Waals surface area contributed by atoms with Crippen LogP contribution in [0.3, 0.4) is 0 Å². The van der Waals surface area contributed by atoms with E-state index in [1.54, 1.807) is 0 Å². The van der Waals surface area contributed by atoms with E-state index in [2.05, 4.69) is 86.5 Å². The van der Waals surface area contributed by atoms with E-state index in [1.807, 2.05) is 12.4 Å². The normalized spacial score (nSPS) is 16.0. The van der Waals surface area contributed by atoms with Gasteiger partial charge in [-0.1, -0.05) is 89.1 Å². The molecule has 2 heterocycles. The number of hydrogen-bond acceptors (Lipinski definition) is 4. The van der Waals surface area contributed by atoms with Crippen molar-refractivity contribution in [3.63, 3.8) is 0 Å². The molecule has 42 heavy (non-hydrogen) atoms. The third kappa shape index (κ3) is 8.37. The number of nitrogens with one attached hydrogen (secondary N) is 1. The summed E-state index contributed by atoms with van der Waals surface area (Å²) < 4.78 is 0. The van der Waals surface area contributed by atoms with Crippen molar-refractivity contribution < 1.29 is 14.7 Å². The summed E-state index contributed by atoms with van der Waals surface area (Å²) in [6, 6.07) is 17.2. The second-order valence-corrected chi connectivity index (χ2v) is 12.0. The zero-order chi connectivity index (χ0) is 30.1. The fraction of sp³-hybridized carbons (Fsp3) is 0.444. The summed E-state index contributed by atoms with van der Waals surface area (Å²) in [6.45, 7) is 9.17. The largest absolute Gasteiger partial charge is 0.481 e. The maximum Gasteiger partial charge on any atom is 0.304 e. The number of benzene rings is 2. The first kappa shape index (κ1) is 31.1. The summed E-state index contributed by atoms with van der Waals surface area (Å²) in [4.78, 5) is 33.2. The van der Waals surface area contributed by atoms with E-state index < -0.39 is 5.97 Å². The first-order valence-corrected chi connectivity index (χ1v) is 15.5. The van der Waals surface area contributed by atoms with Gasteiger partial charge in [0.05, 0.1) is 6.42 Å². The number of allylic oxidation sites excluding steroid dienone is 2. The lowest BCUT2D eigenvalue weighted by Crippen LogP contribution is -2.30. The van der Waals surface area contributed by atoms with Crippen molar-refractivity contribution in [1.82, 2.24) is 5.32 Å². The van der Waals surface area contributed by atoms with E-state index in [1.165, 1.54) is 5.57 Å². The quantitative estimate of drug-likeness (QED) is 0.227. The van der Waals surface area contributed by atoms with Crippen molar-refractivity contribution >= 4 is 34.4 Å². The Morgan fingerprint density at radius 1 is 0.738 bits per heavy atom. The molecule has 0 spiro atoms. The number of carbonyl (C=O) groups is 2. The van der Waals surface area contributed by atoms with Crippen molar-refractivity contribution in [2.45, 2.75) is 79.1 Å². The highest BCUT2D eigenvalue weighted by molar-refractivity contribution is 6.02. The smallest absolute Gasteiger partial charge is 0.304 e. The summed E-state index contributed by atoms with van der Waals surface area (Å²) in [5.74, 6) is -0.0226. The van der Waals surface area contributed by atoms with Gasteiger partial charge < -0.3 is 10.4 Å². The Hall–Kier alpha value is -3.80. The Morgan fingerprint density at radius 2 is 1.17 bits per heavy atom. The highest BCUT2D eigenvalue weighted by Crippen LogP contribution is 2.33. The predicted octanol–water partition coefficient (Wildman–Crippen LogP) is 8.19. The number of rotatable bonds is 15. The Bertz CT molecular complexity index is 1360. The minimum atomic E-state index is -0.764. The number of aliphatic imine (C=N–C) groups is 2. The summed E-state index contributed by atoms with van der Waals surface area (Å²) in [5.41, 5.74) is 9.02. The van der Waals surface area contributed by atoms with Crippen LogP contribution in [0, 0.1) is 17.8 Å². The van der Waals surface area contributed by atoms with E-state index in [4.69, 9.17) is 4.99 Å². The minimum absolute atomic E-state index is 0.00208. The molecule has 0 saturated heterocycles. The number of carboxylic acid groups (broad SMARTS) is 1. The maximum atomic E-state index is 12.5. The van der Waals surface area contributed by atoms with Gasteiger partial charge in [-0.25, -0.2) is 0 Å². The molecule has 222 valence electrons. The van der Waals surface area contributed by atoms with Crippen molar-refractivity contribution in [3.05, 3.63) is 72.1 Å². The van der Waals surface area contributed by atoms with Gasteiger partial charge in [-0.2, -0.15) is 0 Å². The van der Waals surface area contributed by atoms with Crippen LogP contribution in [0.5, 0.6) is 0 Å². The lowest BCUT2D eigenvalue weighted by Gasteiger charge is -2.17. The number of aliphatic carboxylic acids is 1. The standard InChI is InChI=1S/C36H45N3O3/c1-5-7-29(19-35(40)39-21-24(3)4)33-17-31(22-37-33)27-13-9-25(10-14-27)26-11-15-28(16-12-26)32-18-34(38-23-32)30(8-6-2)20-36(41)42/h9-16,22-24,29-30H,5-8,17-21H2,1-4H3,(H,39,40)(H,41,42)/t29-,30-/m1/s1. The van der Waals surface area contributed by atoms with E-state index in [-0.39, 0.29) is 24.2 Å². The first-order chi connectivity index (χ1) is 20.3. The first-order valence-electron chi connectivity index (χ1n) is 15.5. The third-order valence-corrected chi connectivity index (χ3v) is 8.14. The number of carboxylic acids is 1. The van der Waals surface area contributed by atoms with Crippen LogP contribution >= 0.6 is 0 Å². The molecule has 2 atom stereocenters. The molecule has 4 rings (SSSR count). The van der Waals surface area contributed by atoms with Crippen LogP contribution in [0.4, 0.5) is 0 Å². The topological polar surface area (TPSA) is 91.1 Å². The molecule has 2 aliphatic rings. The lowest BCUT2D eigenvalue weighted by molar-refractivity contribution is -0.137. The molecule has 2 aromatic carbocycles. The molecule has 0 fully saturated rings. The summed E-state index contributed by atoms with van der Waals surface area (Å²) in [5, 5.41) is 12.3. The third-order valence-electron chi connectivity index (χ3n) is 8.14.